The van der Waals surface area contributed by atoms with Crippen LogP contribution in [0.3, 0.4) is 0 Å². The van der Waals surface area contributed by atoms with Gasteiger partial charge in [-0.25, -0.2) is 4.98 Å². The Bertz CT molecular complexity index is 1020. The van der Waals surface area contributed by atoms with E-state index < -0.39 is 0 Å². The Morgan fingerprint density at radius 3 is 2.50 bits per heavy atom. The molecule has 6 heteroatoms. The van der Waals surface area contributed by atoms with Crippen LogP contribution in [0.2, 0.25) is 0 Å². The lowest BCUT2D eigenvalue weighted by Crippen LogP contribution is -2.31. The minimum absolute atomic E-state index is 0.00300. The van der Waals surface area contributed by atoms with E-state index in [1.807, 2.05) is 43.3 Å². The van der Waals surface area contributed by atoms with E-state index in [0.29, 0.717) is 22.6 Å². The molecule has 3 rings (SSSR count). The van der Waals surface area contributed by atoms with Gasteiger partial charge >= 0.3 is 0 Å². The van der Waals surface area contributed by atoms with E-state index >= 15 is 0 Å². The Labute approximate surface area is 169 Å². The van der Waals surface area contributed by atoms with Crippen LogP contribution in [0.5, 0.6) is 0 Å². The molecular weight excluding hydrogens is 370 g/mol. The number of fused-ring (bicyclic) bond motifs is 1. The predicted molar refractivity (Wildman–Crippen MR) is 115 cm³/mol. The lowest BCUT2D eigenvalue weighted by molar-refractivity contribution is -0.127. The van der Waals surface area contributed by atoms with E-state index in [2.05, 4.69) is 12.1 Å². The molecule has 28 heavy (non-hydrogen) atoms. The predicted octanol–water partition coefficient (Wildman–Crippen LogP) is 3.60. The highest BCUT2D eigenvalue weighted by Crippen LogP contribution is 2.24. The number of rotatable bonds is 7. The molecular formula is C22H25N3O2S. The fourth-order valence-electron chi connectivity index (χ4n) is 3.09. The molecule has 1 aromatic heterocycles. The first kappa shape index (κ1) is 20.1. The number of benzene rings is 2. The van der Waals surface area contributed by atoms with Crippen molar-refractivity contribution in [1.29, 1.82) is 0 Å². The third-order valence-electron chi connectivity index (χ3n) is 4.59. The van der Waals surface area contributed by atoms with E-state index in [0.717, 1.165) is 12.8 Å². The van der Waals surface area contributed by atoms with Crippen LogP contribution in [0.15, 0.2) is 64.5 Å². The third kappa shape index (κ3) is 4.62. The van der Waals surface area contributed by atoms with Crippen molar-refractivity contribution >= 4 is 28.6 Å². The van der Waals surface area contributed by atoms with Crippen molar-refractivity contribution in [2.45, 2.75) is 36.7 Å². The Kier molecular flexibility index (Phi) is 6.52. The van der Waals surface area contributed by atoms with Crippen molar-refractivity contribution < 1.29 is 4.79 Å². The number of hydrogen-bond donors (Lipinski definition) is 0. The summed E-state index contributed by atoms with van der Waals surface area (Å²) in [5, 5.41) is 0.890. The van der Waals surface area contributed by atoms with Gasteiger partial charge in [-0.3, -0.25) is 14.2 Å². The largest absolute Gasteiger partial charge is 0.348 e. The Morgan fingerprint density at radius 1 is 1.11 bits per heavy atom. The Hall–Kier alpha value is -2.60. The molecule has 0 aliphatic carbocycles. The van der Waals surface area contributed by atoms with Gasteiger partial charge in [0.1, 0.15) is 0 Å². The summed E-state index contributed by atoms with van der Waals surface area (Å²) in [5.74, 6) is 0.00300. The Morgan fingerprint density at radius 2 is 1.79 bits per heavy atom. The quantitative estimate of drug-likeness (QED) is 0.453. The van der Waals surface area contributed by atoms with Crippen molar-refractivity contribution in [3.05, 3.63) is 70.5 Å². The molecule has 0 fully saturated rings. The number of nitrogens with zero attached hydrogens (tertiary/aromatic N) is 3. The molecule has 0 unspecified atom stereocenters. The molecule has 0 N–H and O–H groups in total. The summed E-state index contributed by atoms with van der Waals surface area (Å²) in [4.78, 5) is 31.7. The lowest BCUT2D eigenvalue weighted by Gasteiger charge is -2.18. The summed E-state index contributed by atoms with van der Waals surface area (Å²) in [6.45, 7) is 2.42. The second kappa shape index (κ2) is 9.06. The first-order valence-electron chi connectivity index (χ1n) is 9.38. The van der Waals surface area contributed by atoms with Crippen LogP contribution >= 0.6 is 11.8 Å². The van der Waals surface area contributed by atoms with Crippen molar-refractivity contribution in [3.63, 3.8) is 0 Å². The fourth-order valence-corrected chi connectivity index (χ4v) is 4.17. The summed E-state index contributed by atoms with van der Waals surface area (Å²) < 4.78 is 1.72. The molecule has 0 saturated carbocycles. The van der Waals surface area contributed by atoms with E-state index in [1.165, 1.54) is 17.3 Å². The van der Waals surface area contributed by atoms with Gasteiger partial charge in [0.05, 0.1) is 16.2 Å². The van der Waals surface area contributed by atoms with E-state index in [9.17, 15) is 9.59 Å². The SMILES string of the molecule is C[C@@H](Sc1nc2ccccc2c(=O)n1CCCc1ccccc1)C(=O)N(C)C. The van der Waals surface area contributed by atoms with Crippen LogP contribution in [-0.4, -0.2) is 39.7 Å². The molecule has 2 aromatic carbocycles. The van der Waals surface area contributed by atoms with Crippen molar-refractivity contribution in [1.82, 2.24) is 14.5 Å². The van der Waals surface area contributed by atoms with Gasteiger partial charge in [0.15, 0.2) is 5.16 Å². The molecule has 0 spiro atoms. The monoisotopic (exact) mass is 395 g/mol. The van der Waals surface area contributed by atoms with E-state index in [4.69, 9.17) is 4.98 Å². The number of hydrogen-bond acceptors (Lipinski definition) is 4. The van der Waals surface area contributed by atoms with Gasteiger partial charge in [-0.05, 0) is 37.5 Å². The van der Waals surface area contributed by atoms with Crippen LogP contribution in [0.1, 0.15) is 18.9 Å². The minimum atomic E-state index is -0.316. The number of para-hydroxylation sites is 1. The zero-order chi connectivity index (χ0) is 20.1. The molecule has 5 nitrogen and oxygen atoms in total. The van der Waals surface area contributed by atoms with Crippen molar-refractivity contribution in [3.8, 4) is 0 Å². The maximum atomic E-state index is 13.1. The zero-order valence-corrected chi connectivity index (χ0v) is 17.3. The first-order valence-corrected chi connectivity index (χ1v) is 10.3. The second-order valence-electron chi connectivity index (χ2n) is 6.95. The zero-order valence-electron chi connectivity index (χ0n) is 16.5. The van der Waals surface area contributed by atoms with Crippen LogP contribution in [0.25, 0.3) is 10.9 Å². The number of aromatic nitrogens is 2. The summed E-state index contributed by atoms with van der Waals surface area (Å²) in [5.41, 5.74) is 1.86. The Balaban J connectivity index is 1.90. The maximum Gasteiger partial charge on any atom is 0.262 e. The number of carbonyl (C=O) groups excluding carboxylic acids is 1. The van der Waals surface area contributed by atoms with Crippen molar-refractivity contribution in [2.24, 2.45) is 0 Å². The lowest BCUT2D eigenvalue weighted by atomic mass is 10.1. The molecule has 3 aromatic rings. The highest BCUT2D eigenvalue weighted by molar-refractivity contribution is 8.00. The fraction of sp³-hybridized carbons (Fsp3) is 0.318. The highest BCUT2D eigenvalue weighted by atomic mass is 32.2. The van der Waals surface area contributed by atoms with Gasteiger partial charge < -0.3 is 4.90 Å². The molecule has 1 amide bonds. The highest BCUT2D eigenvalue weighted by Gasteiger charge is 2.20. The second-order valence-corrected chi connectivity index (χ2v) is 8.26. The smallest absolute Gasteiger partial charge is 0.262 e. The molecule has 1 atom stereocenters. The van der Waals surface area contributed by atoms with Gasteiger partial charge in [-0.2, -0.15) is 0 Å². The summed E-state index contributed by atoms with van der Waals surface area (Å²) in [6, 6.07) is 17.6. The van der Waals surface area contributed by atoms with Crippen LogP contribution in [0.4, 0.5) is 0 Å². The van der Waals surface area contributed by atoms with Crippen LogP contribution in [-0.2, 0) is 17.8 Å². The molecule has 0 aliphatic rings. The standard InChI is InChI=1S/C22H25N3O2S/c1-16(20(26)24(2)3)28-22-23-19-14-8-7-13-18(19)21(27)25(22)15-9-12-17-10-5-4-6-11-17/h4-8,10-11,13-14,16H,9,12,15H2,1-3H3/t16-/m1/s1. The van der Waals surface area contributed by atoms with Gasteiger partial charge in [0, 0.05) is 20.6 Å². The average Bonchev–Trinajstić information content (AvgIpc) is 2.70. The number of amides is 1. The topological polar surface area (TPSA) is 55.2 Å². The number of carbonyl (C=O) groups is 1. The molecule has 0 saturated heterocycles. The summed E-state index contributed by atoms with van der Waals surface area (Å²) in [6.07, 6.45) is 1.71. The number of aryl methyl sites for hydroxylation is 1. The average molecular weight is 396 g/mol. The molecule has 0 radical (unpaired) electrons. The van der Waals surface area contributed by atoms with Gasteiger partial charge in [0.2, 0.25) is 5.91 Å². The van der Waals surface area contributed by atoms with Gasteiger partial charge in [0.25, 0.3) is 5.56 Å². The molecule has 0 aliphatic heterocycles. The van der Waals surface area contributed by atoms with Gasteiger partial charge in [-0.1, -0.05) is 54.2 Å². The van der Waals surface area contributed by atoms with Crippen LogP contribution < -0.4 is 5.56 Å². The first-order chi connectivity index (χ1) is 13.5. The minimum Gasteiger partial charge on any atom is -0.348 e. The summed E-state index contributed by atoms with van der Waals surface area (Å²) >= 11 is 1.34. The normalized spacial score (nSPS) is 12.1. The van der Waals surface area contributed by atoms with E-state index in [1.54, 1.807) is 29.6 Å². The maximum absolute atomic E-state index is 13.1. The molecule has 1 heterocycles. The van der Waals surface area contributed by atoms with E-state index in [-0.39, 0.29) is 16.7 Å². The van der Waals surface area contributed by atoms with Crippen molar-refractivity contribution in [2.75, 3.05) is 14.1 Å². The van der Waals surface area contributed by atoms with Gasteiger partial charge in [-0.15, -0.1) is 0 Å². The third-order valence-corrected chi connectivity index (χ3v) is 5.67. The molecule has 146 valence electrons. The summed E-state index contributed by atoms with van der Waals surface area (Å²) in [7, 11) is 3.47. The number of thioether (sulfide) groups is 1. The van der Waals surface area contributed by atoms with Crippen LogP contribution in [0, 0.1) is 0 Å². The molecule has 0 bridgehead atoms.